The minimum Gasteiger partial charge on any atom is -0.480 e. The van der Waals surface area contributed by atoms with Gasteiger partial charge in [0.1, 0.15) is 30.8 Å². The number of Topliss-reactive ketones (excluding diaryl/α,β-unsaturated/α-hetero) is 1. The molecule has 6 N–H and O–H groups in total. The third kappa shape index (κ3) is 11.4. The van der Waals surface area contributed by atoms with Crippen molar-refractivity contribution in [2.24, 2.45) is 23.5 Å². The molecular formula is C34H51N5O9. The summed E-state index contributed by atoms with van der Waals surface area (Å²) in [5, 5.41) is 17.7. The highest BCUT2D eigenvalue weighted by Crippen LogP contribution is 2.20. The fourth-order valence-electron chi connectivity index (χ4n) is 5.22. The van der Waals surface area contributed by atoms with E-state index in [0.717, 1.165) is 4.90 Å². The predicted molar refractivity (Wildman–Crippen MR) is 176 cm³/mol. The summed E-state index contributed by atoms with van der Waals surface area (Å²) in [5.74, 6) is -6.80. The van der Waals surface area contributed by atoms with E-state index in [4.69, 9.17) is 10.5 Å². The molecule has 4 amide bonds. The number of rotatable bonds is 18. The SMILES string of the molecule is CC[C@H](C)[C@H](NC(=O)[C@@H](NC(=O)[C@@H](N)C(C)C)C(C)C)C(=O)N[C@@H](CCC(=O)C(=O)OCc1ccccc1)C(=O)N1CCC[C@H]1C(=O)O. The Morgan fingerprint density at radius 3 is 2.06 bits per heavy atom. The number of benzene rings is 1. The lowest BCUT2D eigenvalue weighted by Gasteiger charge is -2.31. The molecule has 0 unspecified atom stereocenters. The number of nitrogens with zero attached hydrogens (tertiary/aromatic N) is 1. The third-order valence-corrected chi connectivity index (χ3v) is 8.60. The Hall–Kier alpha value is -4.33. The maximum absolute atomic E-state index is 13.8. The number of amides is 4. The lowest BCUT2D eigenvalue weighted by Crippen LogP contribution is -2.61. The number of nitrogens with one attached hydrogen (secondary N) is 3. The van der Waals surface area contributed by atoms with Gasteiger partial charge in [0, 0.05) is 13.0 Å². The molecule has 1 aliphatic rings. The number of carboxylic acids is 1. The summed E-state index contributed by atoms with van der Waals surface area (Å²) >= 11 is 0. The summed E-state index contributed by atoms with van der Waals surface area (Å²) in [6.45, 7) is 10.6. The normalized spacial score (nSPS) is 17.5. The molecule has 1 heterocycles. The van der Waals surface area contributed by atoms with Crippen molar-refractivity contribution in [1.29, 1.82) is 0 Å². The van der Waals surface area contributed by atoms with Crippen molar-refractivity contribution < 1.29 is 43.4 Å². The number of carboxylic acid groups (broad SMARTS) is 1. The van der Waals surface area contributed by atoms with Crippen molar-refractivity contribution in [1.82, 2.24) is 20.9 Å². The number of ether oxygens (including phenoxy) is 1. The Balaban J connectivity index is 2.25. The monoisotopic (exact) mass is 673 g/mol. The van der Waals surface area contributed by atoms with Crippen LogP contribution >= 0.6 is 0 Å². The van der Waals surface area contributed by atoms with Crippen LogP contribution in [0, 0.1) is 17.8 Å². The van der Waals surface area contributed by atoms with Crippen molar-refractivity contribution in [2.75, 3.05) is 6.54 Å². The summed E-state index contributed by atoms with van der Waals surface area (Å²) in [5.41, 5.74) is 6.64. The summed E-state index contributed by atoms with van der Waals surface area (Å²) in [6, 6.07) is 3.23. The summed E-state index contributed by atoms with van der Waals surface area (Å²) in [4.78, 5) is 91.8. The molecule has 48 heavy (non-hydrogen) atoms. The molecule has 0 radical (unpaired) electrons. The van der Waals surface area contributed by atoms with E-state index in [0.29, 0.717) is 18.4 Å². The molecule has 2 rings (SSSR count). The van der Waals surface area contributed by atoms with Crippen molar-refractivity contribution in [3.8, 4) is 0 Å². The highest BCUT2D eigenvalue weighted by Gasteiger charge is 2.40. The van der Waals surface area contributed by atoms with E-state index in [1.54, 1.807) is 65.0 Å². The van der Waals surface area contributed by atoms with Crippen molar-refractivity contribution >= 4 is 41.4 Å². The smallest absolute Gasteiger partial charge is 0.374 e. The van der Waals surface area contributed by atoms with Crippen LogP contribution < -0.4 is 21.7 Å². The number of carbonyl (C=O) groups excluding carboxylic acids is 6. The minimum absolute atomic E-state index is 0.129. The summed E-state index contributed by atoms with van der Waals surface area (Å²) in [7, 11) is 0. The molecule has 0 aromatic heterocycles. The summed E-state index contributed by atoms with van der Waals surface area (Å²) in [6.07, 6.45) is 0.329. The van der Waals surface area contributed by atoms with Crippen molar-refractivity contribution in [2.45, 2.75) is 110 Å². The van der Waals surface area contributed by atoms with Gasteiger partial charge in [0.15, 0.2) is 0 Å². The van der Waals surface area contributed by atoms with Crippen LogP contribution in [0.1, 0.15) is 79.2 Å². The lowest BCUT2D eigenvalue weighted by molar-refractivity contribution is -0.155. The number of likely N-dealkylation sites (tertiary alicyclic amines) is 1. The van der Waals surface area contributed by atoms with Gasteiger partial charge in [0.25, 0.3) is 0 Å². The molecule has 1 aliphatic heterocycles. The zero-order valence-corrected chi connectivity index (χ0v) is 28.7. The van der Waals surface area contributed by atoms with E-state index >= 15 is 0 Å². The number of carbonyl (C=O) groups is 7. The third-order valence-electron chi connectivity index (χ3n) is 8.60. The molecule has 1 aromatic carbocycles. The average molecular weight is 674 g/mol. The van der Waals surface area contributed by atoms with Gasteiger partial charge in [-0.2, -0.15) is 0 Å². The van der Waals surface area contributed by atoms with Gasteiger partial charge in [-0.3, -0.25) is 24.0 Å². The first-order valence-electron chi connectivity index (χ1n) is 16.5. The average Bonchev–Trinajstić information content (AvgIpc) is 3.56. The molecule has 0 saturated carbocycles. The van der Waals surface area contributed by atoms with Gasteiger partial charge in [-0.1, -0.05) is 78.3 Å². The van der Waals surface area contributed by atoms with Gasteiger partial charge in [-0.15, -0.1) is 0 Å². The Kier molecular flexibility index (Phi) is 15.7. The maximum atomic E-state index is 13.8. The number of aliphatic carboxylic acids is 1. The highest BCUT2D eigenvalue weighted by molar-refractivity contribution is 6.33. The fourth-order valence-corrected chi connectivity index (χ4v) is 5.22. The predicted octanol–water partition coefficient (Wildman–Crippen LogP) is 1.29. The van der Waals surface area contributed by atoms with E-state index in [1.807, 2.05) is 6.92 Å². The number of ketones is 1. The molecule has 14 heteroatoms. The van der Waals surface area contributed by atoms with Gasteiger partial charge in [-0.05, 0) is 42.6 Å². The van der Waals surface area contributed by atoms with Crippen LogP contribution in [0.5, 0.6) is 0 Å². The molecular weight excluding hydrogens is 622 g/mol. The largest absolute Gasteiger partial charge is 0.480 e. The molecule has 0 aliphatic carbocycles. The standard InChI is InChI=1S/C34H51N5O9/c1-7-21(6)28(38-30(42)27(20(4)5)37-29(41)26(35)19(2)3)31(43)36-23(32(44)39-17-11-14-24(39)33(45)46)15-16-25(40)34(47)48-18-22-12-9-8-10-13-22/h8-10,12-13,19-21,23-24,26-28H,7,11,14-18,35H2,1-6H3,(H,36,43)(H,37,41)(H,38,42)(H,45,46)/t21-,23-,24-,26-,27-,28-/m0/s1. The second-order valence-corrected chi connectivity index (χ2v) is 13.0. The van der Waals surface area contributed by atoms with Crippen LogP contribution in [0.25, 0.3) is 0 Å². The molecule has 0 bridgehead atoms. The van der Waals surface area contributed by atoms with E-state index < -0.39 is 83.9 Å². The van der Waals surface area contributed by atoms with Crippen LogP contribution in [-0.4, -0.2) is 88.1 Å². The molecule has 266 valence electrons. The van der Waals surface area contributed by atoms with E-state index in [1.165, 1.54) is 0 Å². The molecule has 0 spiro atoms. The maximum Gasteiger partial charge on any atom is 0.374 e. The Morgan fingerprint density at radius 1 is 0.896 bits per heavy atom. The van der Waals surface area contributed by atoms with Gasteiger partial charge < -0.3 is 36.4 Å². The van der Waals surface area contributed by atoms with Crippen LogP contribution in [0.4, 0.5) is 0 Å². The first-order valence-corrected chi connectivity index (χ1v) is 16.5. The number of hydrogen-bond acceptors (Lipinski definition) is 9. The van der Waals surface area contributed by atoms with Gasteiger partial charge in [0.2, 0.25) is 29.4 Å². The van der Waals surface area contributed by atoms with Crippen molar-refractivity contribution in [3.05, 3.63) is 35.9 Å². The Morgan fingerprint density at radius 2 is 1.50 bits per heavy atom. The lowest BCUT2D eigenvalue weighted by atomic mass is 9.95. The van der Waals surface area contributed by atoms with Gasteiger partial charge in [-0.25, -0.2) is 9.59 Å². The topological polar surface area (TPSA) is 214 Å². The van der Waals surface area contributed by atoms with E-state index in [9.17, 15) is 38.7 Å². The fraction of sp³-hybridized carbons (Fsp3) is 0.618. The quantitative estimate of drug-likeness (QED) is 0.111. The van der Waals surface area contributed by atoms with Crippen LogP contribution in [0.3, 0.4) is 0 Å². The van der Waals surface area contributed by atoms with Gasteiger partial charge >= 0.3 is 11.9 Å². The zero-order chi connectivity index (χ0) is 36.1. The van der Waals surface area contributed by atoms with Crippen molar-refractivity contribution in [3.63, 3.8) is 0 Å². The van der Waals surface area contributed by atoms with Crippen LogP contribution in [-0.2, 0) is 44.9 Å². The van der Waals surface area contributed by atoms with Gasteiger partial charge in [0.05, 0.1) is 6.04 Å². The first-order chi connectivity index (χ1) is 22.6. The second kappa shape index (κ2) is 18.9. The first kappa shape index (κ1) is 39.8. The number of esters is 1. The van der Waals surface area contributed by atoms with Crippen LogP contribution in [0.2, 0.25) is 0 Å². The molecule has 1 saturated heterocycles. The zero-order valence-electron chi connectivity index (χ0n) is 28.7. The van der Waals surface area contributed by atoms with E-state index in [-0.39, 0.29) is 37.8 Å². The minimum atomic E-state index is -1.38. The Labute approximate surface area is 281 Å². The van der Waals surface area contributed by atoms with Crippen LogP contribution in [0.15, 0.2) is 30.3 Å². The number of hydrogen-bond donors (Lipinski definition) is 5. The second-order valence-electron chi connectivity index (χ2n) is 13.0. The number of nitrogens with two attached hydrogens (primary N) is 1. The molecule has 1 aromatic rings. The summed E-state index contributed by atoms with van der Waals surface area (Å²) < 4.78 is 5.10. The highest BCUT2D eigenvalue weighted by atomic mass is 16.5. The Bertz CT molecular complexity index is 1300. The molecule has 6 atom stereocenters. The van der Waals surface area contributed by atoms with E-state index in [2.05, 4.69) is 16.0 Å². The molecule has 1 fully saturated rings. The molecule has 14 nitrogen and oxygen atoms in total.